The van der Waals surface area contributed by atoms with Gasteiger partial charge in [0.15, 0.2) is 0 Å². The Kier molecular flexibility index (Phi) is 4.43. The minimum atomic E-state index is -0.0124. The normalized spacial score (nSPS) is 9.86. The number of anilines is 1. The van der Waals surface area contributed by atoms with Crippen LogP contribution in [0.25, 0.3) is 0 Å². The molecule has 76 valence electrons. The zero-order chi connectivity index (χ0) is 10.4. The summed E-state index contributed by atoms with van der Waals surface area (Å²) in [7, 11) is 1.81. The van der Waals surface area contributed by atoms with Crippen LogP contribution < -0.4 is 10.6 Å². The first-order valence-electron chi connectivity index (χ1n) is 4.42. The number of benzene rings is 1. The van der Waals surface area contributed by atoms with Gasteiger partial charge < -0.3 is 10.6 Å². The van der Waals surface area contributed by atoms with E-state index >= 15 is 0 Å². The Morgan fingerprint density at radius 1 is 1.50 bits per heavy atom. The van der Waals surface area contributed by atoms with Crippen LogP contribution in [-0.2, 0) is 4.79 Å². The molecule has 1 aromatic rings. The molecule has 0 radical (unpaired) electrons. The molecule has 2 N–H and O–H groups in total. The van der Waals surface area contributed by atoms with Gasteiger partial charge in [-0.25, -0.2) is 0 Å². The van der Waals surface area contributed by atoms with Gasteiger partial charge >= 0.3 is 0 Å². The summed E-state index contributed by atoms with van der Waals surface area (Å²) in [5.41, 5.74) is 0.735. The topological polar surface area (TPSA) is 41.1 Å². The SMILES string of the molecule is CNCCC(=O)Nc1cccc(Cl)c1. The molecule has 0 aromatic heterocycles. The fourth-order valence-corrected chi connectivity index (χ4v) is 1.22. The minimum Gasteiger partial charge on any atom is -0.326 e. The van der Waals surface area contributed by atoms with E-state index in [1.54, 1.807) is 18.2 Å². The molecule has 0 unspecified atom stereocenters. The number of hydrogen-bond donors (Lipinski definition) is 2. The van der Waals surface area contributed by atoms with Gasteiger partial charge in [0.05, 0.1) is 0 Å². The predicted octanol–water partition coefficient (Wildman–Crippen LogP) is 1.89. The fraction of sp³-hybridized carbons (Fsp3) is 0.300. The molecule has 0 aliphatic carbocycles. The van der Waals surface area contributed by atoms with Crippen LogP contribution in [0.4, 0.5) is 5.69 Å². The molecule has 0 saturated carbocycles. The van der Waals surface area contributed by atoms with Crippen LogP contribution in [0.3, 0.4) is 0 Å². The van der Waals surface area contributed by atoms with Crippen molar-refractivity contribution in [3.05, 3.63) is 29.3 Å². The van der Waals surface area contributed by atoms with Crippen molar-refractivity contribution in [2.45, 2.75) is 6.42 Å². The second-order valence-corrected chi connectivity index (χ2v) is 3.35. The summed E-state index contributed by atoms with van der Waals surface area (Å²) in [4.78, 5) is 11.3. The molecule has 3 nitrogen and oxygen atoms in total. The second kappa shape index (κ2) is 5.62. The third kappa shape index (κ3) is 3.77. The number of hydrogen-bond acceptors (Lipinski definition) is 2. The lowest BCUT2D eigenvalue weighted by molar-refractivity contribution is -0.116. The maximum atomic E-state index is 11.3. The Hall–Kier alpha value is -1.06. The van der Waals surface area contributed by atoms with E-state index in [0.29, 0.717) is 18.0 Å². The number of rotatable bonds is 4. The second-order valence-electron chi connectivity index (χ2n) is 2.91. The van der Waals surface area contributed by atoms with Crippen molar-refractivity contribution in [1.82, 2.24) is 5.32 Å². The molecular formula is C10H13ClN2O. The molecule has 0 aliphatic heterocycles. The van der Waals surface area contributed by atoms with Gasteiger partial charge in [0, 0.05) is 23.7 Å². The first-order chi connectivity index (χ1) is 6.72. The number of amides is 1. The van der Waals surface area contributed by atoms with E-state index < -0.39 is 0 Å². The van der Waals surface area contributed by atoms with Gasteiger partial charge in [0.25, 0.3) is 0 Å². The van der Waals surface area contributed by atoms with E-state index in [1.807, 2.05) is 13.1 Å². The quantitative estimate of drug-likeness (QED) is 0.801. The lowest BCUT2D eigenvalue weighted by Gasteiger charge is -2.04. The molecule has 1 rings (SSSR count). The lowest BCUT2D eigenvalue weighted by atomic mass is 10.3. The van der Waals surface area contributed by atoms with E-state index in [4.69, 9.17) is 11.6 Å². The van der Waals surface area contributed by atoms with Crippen LogP contribution in [0.5, 0.6) is 0 Å². The number of carbonyl (C=O) groups excluding carboxylic acids is 1. The highest BCUT2D eigenvalue weighted by Crippen LogP contribution is 2.14. The van der Waals surface area contributed by atoms with Gasteiger partial charge in [-0.15, -0.1) is 0 Å². The van der Waals surface area contributed by atoms with Crippen molar-refractivity contribution < 1.29 is 4.79 Å². The summed E-state index contributed by atoms with van der Waals surface area (Å²) in [5.74, 6) is -0.0124. The molecule has 0 spiro atoms. The Morgan fingerprint density at radius 3 is 2.93 bits per heavy atom. The van der Waals surface area contributed by atoms with Crippen molar-refractivity contribution in [3.8, 4) is 0 Å². The molecule has 14 heavy (non-hydrogen) atoms. The summed E-state index contributed by atoms with van der Waals surface area (Å²) < 4.78 is 0. The maximum absolute atomic E-state index is 11.3. The summed E-state index contributed by atoms with van der Waals surface area (Å²) in [5, 5.41) is 6.28. The first kappa shape index (κ1) is 11.0. The third-order valence-corrected chi connectivity index (χ3v) is 1.95. The van der Waals surface area contributed by atoms with Crippen LogP contribution in [0.1, 0.15) is 6.42 Å². The molecule has 1 amide bonds. The molecule has 0 aliphatic rings. The maximum Gasteiger partial charge on any atom is 0.225 e. The van der Waals surface area contributed by atoms with E-state index in [-0.39, 0.29) is 5.91 Å². The zero-order valence-corrected chi connectivity index (χ0v) is 8.77. The molecule has 0 heterocycles. The fourth-order valence-electron chi connectivity index (χ4n) is 1.03. The highest BCUT2D eigenvalue weighted by atomic mass is 35.5. The summed E-state index contributed by atoms with van der Waals surface area (Å²) in [6.45, 7) is 0.673. The minimum absolute atomic E-state index is 0.0124. The largest absolute Gasteiger partial charge is 0.326 e. The van der Waals surface area contributed by atoms with Crippen LogP contribution in [-0.4, -0.2) is 19.5 Å². The predicted molar refractivity (Wildman–Crippen MR) is 58.6 cm³/mol. The first-order valence-corrected chi connectivity index (χ1v) is 4.80. The van der Waals surface area contributed by atoms with Gasteiger partial charge in [-0.3, -0.25) is 4.79 Å². The van der Waals surface area contributed by atoms with E-state index in [2.05, 4.69) is 10.6 Å². The van der Waals surface area contributed by atoms with Gasteiger partial charge in [0.2, 0.25) is 5.91 Å². The Morgan fingerprint density at radius 2 is 2.29 bits per heavy atom. The monoisotopic (exact) mass is 212 g/mol. The van der Waals surface area contributed by atoms with Crippen molar-refractivity contribution in [3.63, 3.8) is 0 Å². The Bertz CT molecular complexity index is 315. The highest BCUT2D eigenvalue weighted by molar-refractivity contribution is 6.30. The van der Waals surface area contributed by atoms with Crippen LogP contribution in [0.2, 0.25) is 5.02 Å². The summed E-state index contributed by atoms with van der Waals surface area (Å²) in [6, 6.07) is 7.10. The molecule has 1 aromatic carbocycles. The van der Waals surface area contributed by atoms with Gasteiger partial charge in [0.1, 0.15) is 0 Å². The summed E-state index contributed by atoms with van der Waals surface area (Å²) in [6.07, 6.45) is 0.461. The smallest absolute Gasteiger partial charge is 0.225 e. The van der Waals surface area contributed by atoms with Gasteiger partial charge in [-0.2, -0.15) is 0 Å². The van der Waals surface area contributed by atoms with E-state index in [0.717, 1.165) is 5.69 Å². The standard InChI is InChI=1S/C10H13ClN2O/c1-12-6-5-10(14)13-9-4-2-3-8(11)7-9/h2-4,7,12H,5-6H2,1H3,(H,13,14). The van der Waals surface area contributed by atoms with Gasteiger partial charge in [-0.05, 0) is 25.2 Å². The average molecular weight is 213 g/mol. The van der Waals surface area contributed by atoms with Crippen molar-refractivity contribution in [2.75, 3.05) is 18.9 Å². The average Bonchev–Trinajstić information content (AvgIpc) is 2.15. The van der Waals surface area contributed by atoms with Crippen molar-refractivity contribution in [1.29, 1.82) is 0 Å². The Labute approximate surface area is 88.5 Å². The zero-order valence-electron chi connectivity index (χ0n) is 8.01. The number of carbonyl (C=O) groups is 1. The highest BCUT2D eigenvalue weighted by Gasteiger charge is 2.00. The molecule has 0 fully saturated rings. The number of nitrogens with one attached hydrogen (secondary N) is 2. The molecule has 4 heteroatoms. The Balaban J connectivity index is 2.47. The van der Waals surface area contributed by atoms with Crippen LogP contribution in [0.15, 0.2) is 24.3 Å². The third-order valence-electron chi connectivity index (χ3n) is 1.71. The van der Waals surface area contributed by atoms with E-state index in [9.17, 15) is 4.79 Å². The van der Waals surface area contributed by atoms with Crippen LogP contribution in [0, 0.1) is 0 Å². The molecule has 0 atom stereocenters. The lowest BCUT2D eigenvalue weighted by Crippen LogP contribution is -2.18. The number of halogens is 1. The van der Waals surface area contributed by atoms with Crippen molar-refractivity contribution in [2.24, 2.45) is 0 Å². The molecule has 0 saturated heterocycles. The summed E-state index contributed by atoms with van der Waals surface area (Å²) >= 11 is 5.77. The van der Waals surface area contributed by atoms with Crippen LogP contribution >= 0.6 is 11.6 Å². The molecule has 0 bridgehead atoms. The molecular weight excluding hydrogens is 200 g/mol. The van der Waals surface area contributed by atoms with E-state index in [1.165, 1.54) is 0 Å². The van der Waals surface area contributed by atoms with Gasteiger partial charge in [-0.1, -0.05) is 17.7 Å². The van der Waals surface area contributed by atoms with Crippen molar-refractivity contribution >= 4 is 23.2 Å².